The lowest BCUT2D eigenvalue weighted by molar-refractivity contribution is -0.560. The van der Waals surface area contributed by atoms with E-state index in [2.05, 4.69) is 0 Å². The van der Waals surface area contributed by atoms with Gasteiger partial charge >= 0.3 is 0 Å². The van der Waals surface area contributed by atoms with Gasteiger partial charge in [-0.1, -0.05) is 0 Å². The molecule has 0 saturated carbocycles. The van der Waals surface area contributed by atoms with Crippen molar-refractivity contribution in [3.05, 3.63) is 10.1 Å². The van der Waals surface area contributed by atoms with Crippen LogP contribution in [0.25, 0.3) is 0 Å². The highest BCUT2D eigenvalue weighted by Crippen LogP contribution is 2.07. The molecule has 0 bridgehead atoms. The SMILES string of the molecule is CN(C)CC(C)(C)[N+](=O)[O-].Cl. The number of halogens is 1. The molecule has 0 aliphatic carbocycles. The Hall–Kier alpha value is -0.350. The third kappa shape index (κ3) is 4.98. The van der Waals surface area contributed by atoms with E-state index in [4.69, 9.17) is 0 Å². The van der Waals surface area contributed by atoms with Crippen molar-refractivity contribution in [3.8, 4) is 0 Å². The van der Waals surface area contributed by atoms with E-state index >= 15 is 0 Å². The lowest BCUT2D eigenvalue weighted by atomic mass is 10.1. The molecule has 0 N–H and O–H groups in total. The second-order valence-electron chi connectivity index (χ2n) is 3.31. The molecule has 0 fully saturated rings. The normalized spacial score (nSPS) is 11.0. The van der Waals surface area contributed by atoms with Crippen molar-refractivity contribution >= 4 is 12.4 Å². The fourth-order valence-corrected chi connectivity index (χ4v) is 0.832. The predicted octanol–water partition coefficient (Wildman–Crippen LogP) is 1.03. The van der Waals surface area contributed by atoms with Crippen LogP contribution in [-0.4, -0.2) is 36.0 Å². The Kier molecular flexibility index (Phi) is 5.44. The van der Waals surface area contributed by atoms with Crippen molar-refractivity contribution in [2.45, 2.75) is 19.4 Å². The average molecular weight is 183 g/mol. The first kappa shape index (κ1) is 13.3. The number of hydrogen-bond acceptors (Lipinski definition) is 3. The van der Waals surface area contributed by atoms with Crippen LogP contribution in [0.1, 0.15) is 13.8 Å². The van der Waals surface area contributed by atoms with Crippen molar-refractivity contribution in [2.24, 2.45) is 0 Å². The molecular weight excluding hydrogens is 168 g/mol. The van der Waals surface area contributed by atoms with Crippen LogP contribution < -0.4 is 0 Å². The minimum Gasteiger partial charge on any atom is -0.303 e. The topological polar surface area (TPSA) is 46.4 Å². The summed E-state index contributed by atoms with van der Waals surface area (Å²) in [6.07, 6.45) is 0. The van der Waals surface area contributed by atoms with Gasteiger partial charge in [0.1, 0.15) is 0 Å². The first-order chi connectivity index (χ1) is 4.36. The highest BCUT2D eigenvalue weighted by Gasteiger charge is 2.30. The molecule has 68 valence electrons. The molecule has 0 aromatic rings. The summed E-state index contributed by atoms with van der Waals surface area (Å²) in [7, 11) is 3.65. The molecule has 0 saturated heterocycles. The zero-order valence-corrected chi connectivity index (χ0v) is 8.14. The van der Waals surface area contributed by atoms with Crippen molar-refractivity contribution in [3.63, 3.8) is 0 Å². The smallest absolute Gasteiger partial charge is 0.229 e. The second-order valence-corrected chi connectivity index (χ2v) is 3.31. The first-order valence-electron chi connectivity index (χ1n) is 3.15. The Bertz CT molecular complexity index is 137. The lowest BCUT2D eigenvalue weighted by Crippen LogP contribution is -2.41. The van der Waals surface area contributed by atoms with Gasteiger partial charge in [0.05, 0.1) is 6.54 Å². The van der Waals surface area contributed by atoms with Gasteiger partial charge in [0, 0.05) is 18.8 Å². The standard InChI is InChI=1S/C6H14N2O2.ClH/c1-6(2,8(9)10)5-7(3)4;/h5H2,1-4H3;1H. The summed E-state index contributed by atoms with van der Waals surface area (Å²) < 4.78 is 0. The minimum absolute atomic E-state index is 0. The van der Waals surface area contributed by atoms with E-state index < -0.39 is 5.54 Å². The van der Waals surface area contributed by atoms with Crippen LogP contribution in [0.3, 0.4) is 0 Å². The summed E-state index contributed by atoms with van der Waals surface area (Å²) in [5, 5.41) is 10.3. The van der Waals surface area contributed by atoms with E-state index in [9.17, 15) is 10.1 Å². The van der Waals surface area contributed by atoms with Gasteiger partial charge < -0.3 is 4.90 Å². The van der Waals surface area contributed by atoms with E-state index in [0.717, 1.165) is 0 Å². The minimum atomic E-state index is -0.830. The Morgan fingerprint density at radius 2 is 1.82 bits per heavy atom. The Balaban J connectivity index is 0. The molecule has 0 radical (unpaired) electrons. The van der Waals surface area contributed by atoms with Gasteiger partial charge in [0.2, 0.25) is 5.54 Å². The van der Waals surface area contributed by atoms with Gasteiger partial charge in [-0.15, -0.1) is 12.4 Å². The van der Waals surface area contributed by atoms with Crippen LogP contribution in [0.15, 0.2) is 0 Å². The molecule has 0 atom stereocenters. The Morgan fingerprint density at radius 1 is 1.45 bits per heavy atom. The van der Waals surface area contributed by atoms with Crippen molar-refractivity contribution in [1.82, 2.24) is 4.90 Å². The van der Waals surface area contributed by atoms with Gasteiger partial charge in [0.15, 0.2) is 0 Å². The molecule has 0 unspecified atom stereocenters. The zero-order valence-electron chi connectivity index (χ0n) is 7.33. The largest absolute Gasteiger partial charge is 0.303 e. The monoisotopic (exact) mass is 182 g/mol. The van der Waals surface area contributed by atoms with Gasteiger partial charge in [-0.25, -0.2) is 0 Å². The van der Waals surface area contributed by atoms with Crippen LogP contribution in [0.2, 0.25) is 0 Å². The van der Waals surface area contributed by atoms with Gasteiger partial charge in [0.25, 0.3) is 0 Å². The molecular formula is C6H15ClN2O2. The predicted molar refractivity (Wildman–Crippen MR) is 46.9 cm³/mol. The number of nitro groups is 1. The quantitative estimate of drug-likeness (QED) is 0.484. The van der Waals surface area contributed by atoms with Crippen LogP contribution in [0.5, 0.6) is 0 Å². The van der Waals surface area contributed by atoms with Crippen molar-refractivity contribution in [2.75, 3.05) is 20.6 Å². The van der Waals surface area contributed by atoms with Crippen LogP contribution in [0, 0.1) is 10.1 Å². The number of nitrogens with zero attached hydrogens (tertiary/aromatic N) is 2. The van der Waals surface area contributed by atoms with E-state index in [1.165, 1.54) is 0 Å². The molecule has 0 aromatic carbocycles. The molecule has 0 heterocycles. The zero-order chi connectivity index (χ0) is 8.36. The maximum atomic E-state index is 10.3. The highest BCUT2D eigenvalue weighted by molar-refractivity contribution is 5.85. The molecule has 0 aromatic heterocycles. The fourth-order valence-electron chi connectivity index (χ4n) is 0.832. The maximum absolute atomic E-state index is 10.3. The van der Waals surface area contributed by atoms with Crippen molar-refractivity contribution in [1.29, 1.82) is 0 Å². The van der Waals surface area contributed by atoms with Gasteiger partial charge in [-0.3, -0.25) is 10.1 Å². The summed E-state index contributed by atoms with van der Waals surface area (Å²) >= 11 is 0. The Labute approximate surface area is 73.1 Å². The molecule has 0 aliphatic rings. The fraction of sp³-hybridized carbons (Fsp3) is 1.00. The van der Waals surface area contributed by atoms with Crippen LogP contribution >= 0.6 is 12.4 Å². The lowest BCUT2D eigenvalue weighted by Gasteiger charge is -2.19. The van der Waals surface area contributed by atoms with Gasteiger partial charge in [-0.05, 0) is 14.1 Å². The third-order valence-electron chi connectivity index (χ3n) is 1.20. The van der Waals surface area contributed by atoms with Crippen LogP contribution in [0.4, 0.5) is 0 Å². The molecule has 0 rings (SSSR count). The molecule has 4 nitrogen and oxygen atoms in total. The summed E-state index contributed by atoms with van der Waals surface area (Å²) in [5.74, 6) is 0. The number of hydrogen-bond donors (Lipinski definition) is 0. The third-order valence-corrected chi connectivity index (χ3v) is 1.20. The molecule has 0 aliphatic heterocycles. The Morgan fingerprint density at radius 3 is 1.91 bits per heavy atom. The molecule has 11 heavy (non-hydrogen) atoms. The first-order valence-corrected chi connectivity index (χ1v) is 3.15. The second kappa shape index (κ2) is 4.51. The average Bonchev–Trinajstić information content (AvgIpc) is 1.60. The number of rotatable bonds is 3. The maximum Gasteiger partial charge on any atom is 0.229 e. The van der Waals surface area contributed by atoms with E-state index in [1.54, 1.807) is 13.8 Å². The van der Waals surface area contributed by atoms with Crippen LogP contribution in [-0.2, 0) is 0 Å². The summed E-state index contributed by atoms with van der Waals surface area (Å²) in [4.78, 5) is 11.9. The summed E-state index contributed by atoms with van der Waals surface area (Å²) in [5.41, 5.74) is -0.830. The summed E-state index contributed by atoms with van der Waals surface area (Å²) in [6, 6.07) is 0. The molecule has 0 spiro atoms. The van der Waals surface area contributed by atoms with Crippen molar-refractivity contribution < 1.29 is 4.92 Å². The highest BCUT2D eigenvalue weighted by atomic mass is 35.5. The van der Waals surface area contributed by atoms with Gasteiger partial charge in [-0.2, -0.15) is 0 Å². The number of likely N-dealkylation sites (N-methyl/N-ethyl adjacent to an activating group) is 1. The molecule has 5 heteroatoms. The van der Waals surface area contributed by atoms with E-state index in [1.807, 2.05) is 19.0 Å². The van der Waals surface area contributed by atoms with E-state index in [-0.39, 0.29) is 17.3 Å². The summed E-state index contributed by atoms with van der Waals surface area (Å²) in [6.45, 7) is 3.71. The van der Waals surface area contributed by atoms with E-state index in [0.29, 0.717) is 6.54 Å². The molecule has 0 amide bonds.